The van der Waals surface area contributed by atoms with Gasteiger partial charge in [0.25, 0.3) is 0 Å². The highest BCUT2D eigenvalue weighted by Crippen LogP contribution is 2.32. The van der Waals surface area contributed by atoms with Gasteiger partial charge < -0.3 is 19.9 Å². The van der Waals surface area contributed by atoms with Gasteiger partial charge in [-0.15, -0.1) is 0 Å². The van der Waals surface area contributed by atoms with Gasteiger partial charge in [0.05, 0.1) is 12.7 Å². The Labute approximate surface area is 127 Å². The number of methoxy groups -OCH3 is 1. The highest BCUT2D eigenvalue weighted by Gasteiger charge is 2.34. The SMILES string of the molecule is CCC1(CC)CC(NCc2ccc(OC)c(O)c2)CCO1. The molecule has 2 rings (SSSR count). The van der Waals surface area contributed by atoms with E-state index in [-0.39, 0.29) is 11.4 Å². The molecule has 1 aliphatic heterocycles. The fraction of sp³-hybridized carbons (Fsp3) is 0.647. The van der Waals surface area contributed by atoms with Crippen LogP contribution in [0.4, 0.5) is 0 Å². The average Bonchev–Trinajstić information content (AvgIpc) is 2.53. The minimum atomic E-state index is 0.0396. The fourth-order valence-corrected chi connectivity index (χ4v) is 3.05. The Hall–Kier alpha value is -1.26. The zero-order chi connectivity index (χ0) is 15.3. The molecule has 0 aliphatic carbocycles. The van der Waals surface area contributed by atoms with Crippen molar-refractivity contribution in [3.05, 3.63) is 23.8 Å². The van der Waals surface area contributed by atoms with Crippen LogP contribution < -0.4 is 10.1 Å². The second kappa shape index (κ2) is 7.14. The third-order valence-electron chi connectivity index (χ3n) is 4.62. The molecule has 4 nitrogen and oxygen atoms in total. The van der Waals surface area contributed by atoms with Crippen LogP contribution >= 0.6 is 0 Å². The molecular formula is C17H27NO3. The van der Waals surface area contributed by atoms with Gasteiger partial charge in [0, 0.05) is 19.2 Å². The van der Waals surface area contributed by atoms with Gasteiger partial charge in [-0.05, 0) is 43.4 Å². The third kappa shape index (κ3) is 3.89. The van der Waals surface area contributed by atoms with Crippen molar-refractivity contribution in [3.63, 3.8) is 0 Å². The lowest BCUT2D eigenvalue weighted by Crippen LogP contribution is -2.46. The van der Waals surface area contributed by atoms with Crippen molar-refractivity contribution in [2.24, 2.45) is 0 Å². The van der Waals surface area contributed by atoms with E-state index in [0.29, 0.717) is 11.8 Å². The van der Waals surface area contributed by atoms with Gasteiger partial charge in [-0.25, -0.2) is 0 Å². The van der Waals surface area contributed by atoms with E-state index < -0.39 is 0 Å². The lowest BCUT2D eigenvalue weighted by molar-refractivity contribution is -0.0932. The van der Waals surface area contributed by atoms with Crippen LogP contribution in [0.1, 0.15) is 45.1 Å². The van der Waals surface area contributed by atoms with Gasteiger partial charge in [0.15, 0.2) is 11.5 Å². The zero-order valence-corrected chi connectivity index (χ0v) is 13.3. The zero-order valence-electron chi connectivity index (χ0n) is 13.3. The summed E-state index contributed by atoms with van der Waals surface area (Å²) in [5.41, 5.74) is 1.11. The quantitative estimate of drug-likeness (QED) is 0.845. The van der Waals surface area contributed by atoms with E-state index in [1.54, 1.807) is 19.2 Å². The Balaban J connectivity index is 1.92. The molecule has 0 radical (unpaired) electrons. The number of phenolic OH excluding ortho intramolecular Hbond substituents is 1. The topological polar surface area (TPSA) is 50.7 Å². The first-order valence-corrected chi connectivity index (χ1v) is 7.85. The van der Waals surface area contributed by atoms with Crippen LogP contribution in [0.5, 0.6) is 11.5 Å². The van der Waals surface area contributed by atoms with Crippen molar-refractivity contribution in [2.45, 2.75) is 57.7 Å². The van der Waals surface area contributed by atoms with Gasteiger partial charge in [0.2, 0.25) is 0 Å². The number of hydrogen-bond acceptors (Lipinski definition) is 4. The number of aromatic hydroxyl groups is 1. The monoisotopic (exact) mass is 293 g/mol. The van der Waals surface area contributed by atoms with Gasteiger partial charge in [-0.2, -0.15) is 0 Å². The summed E-state index contributed by atoms with van der Waals surface area (Å²) in [6.45, 7) is 5.99. The van der Waals surface area contributed by atoms with Crippen LogP contribution in [0.25, 0.3) is 0 Å². The normalized spacial score (nSPS) is 21.2. The van der Waals surface area contributed by atoms with E-state index in [1.807, 2.05) is 6.07 Å². The summed E-state index contributed by atoms with van der Waals surface area (Å²) in [5.74, 6) is 0.709. The Morgan fingerprint density at radius 1 is 1.38 bits per heavy atom. The Bertz CT molecular complexity index is 457. The first-order chi connectivity index (χ1) is 10.1. The van der Waals surface area contributed by atoms with Crippen LogP contribution in [-0.4, -0.2) is 30.5 Å². The maximum Gasteiger partial charge on any atom is 0.160 e. The molecule has 0 spiro atoms. The second-order valence-electron chi connectivity index (χ2n) is 5.82. The van der Waals surface area contributed by atoms with Gasteiger partial charge in [0.1, 0.15) is 0 Å². The maximum absolute atomic E-state index is 9.81. The smallest absolute Gasteiger partial charge is 0.160 e. The Morgan fingerprint density at radius 2 is 2.14 bits per heavy atom. The molecule has 0 bridgehead atoms. The maximum atomic E-state index is 9.81. The first-order valence-electron chi connectivity index (χ1n) is 7.85. The minimum Gasteiger partial charge on any atom is -0.504 e. The molecule has 118 valence electrons. The molecule has 21 heavy (non-hydrogen) atoms. The molecule has 1 aromatic rings. The lowest BCUT2D eigenvalue weighted by Gasteiger charge is -2.40. The summed E-state index contributed by atoms with van der Waals surface area (Å²) in [6.07, 6.45) is 4.22. The van der Waals surface area contributed by atoms with Crippen LogP contribution in [0.15, 0.2) is 18.2 Å². The number of benzene rings is 1. The summed E-state index contributed by atoms with van der Waals surface area (Å²) in [5, 5.41) is 13.4. The van der Waals surface area contributed by atoms with Crippen molar-refractivity contribution in [1.29, 1.82) is 0 Å². The molecule has 1 saturated heterocycles. The molecule has 2 N–H and O–H groups in total. The van der Waals surface area contributed by atoms with E-state index in [1.165, 1.54) is 0 Å². The molecular weight excluding hydrogens is 266 g/mol. The molecule has 1 heterocycles. The summed E-state index contributed by atoms with van der Waals surface area (Å²) < 4.78 is 11.1. The van der Waals surface area contributed by atoms with Gasteiger partial charge in [-0.3, -0.25) is 0 Å². The molecule has 1 fully saturated rings. The Morgan fingerprint density at radius 3 is 2.76 bits per heavy atom. The Kier molecular flexibility index (Phi) is 5.48. The van der Waals surface area contributed by atoms with Crippen LogP contribution in [0, 0.1) is 0 Å². The molecule has 0 aromatic heterocycles. The van der Waals surface area contributed by atoms with E-state index in [2.05, 4.69) is 19.2 Å². The summed E-state index contributed by atoms with van der Waals surface area (Å²) in [7, 11) is 1.56. The highest BCUT2D eigenvalue weighted by atomic mass is 16.5. The highest BCUT2D eigenvalue weighted by molar-refractivity contribution is 5.41. The fourth-order valence-electron chi connectivity index (χ4n) is 3.05. The van der Waals surface area contributed by atoms with E-state index in [9.17, 15) is 5.11 Å². The van der Waals surface area contributed by atoms with E-state index >= 15 is 0 Å². The number of hydrogen-bond donors (Lipinski definition) is 2. The van der Waals surface area contributed by atoms with Crippen molar-refractivity contribution < 1.29 is 14.6 Å². The standard InChI is InChI=1S/C17H27NO3/c1-4-17(5-2)11-14(8-9-21-17)18-12-13-6-7-16(20-3)15(19)10-13/h6-7,10,14,18-19H,4-5,8-9,11-12H2,1-3H3. The van der Waals surface area contributed by atoms with Crippen molar-refractivity contribution in [1.82, 2.24) is 5.32 Å². The largest absolute Gasteiger partial charge is 0.504 e. The predicted octanol–water partition coefficient (Wildman–Crippen LogP) is 3.23. The molecule has 1 aliphatic rings. The third-order valence-corrected chi connectivity index (χ3v) is 4.62. The molecule has 0 saturated carbocycles. The van der Waals surface area contributed by atoms with E-state index in [0.717, 1.165) is 44.4 Å². The first kappa shape index (κ1) is 16.1. The number of ether oxygens (including phenoxy) is 2. The van der Waals surface area contributed by atoms with E-state index in [4.69, 9.17) is 9.47 Å². The molecule has 1 atom stereocenters. The van der Waals surface area contributed by atoms with Crippen molar-refractivity contribution in [2.75, 3.05) is 13.7 Å². The van der Waals surface area contributed by atoms with Crippen LogP contribution in [-0.2, 0) is 11.3 Å². The lowest BCUT2D eigenvalue weighted by atomic mass is 9.86. The second-order valence-corrected chi connectivity index (χ2v) is 5.82. The number of phenols is 1. The number of rotatable bonds is 6. The molecule has 0 amide bonds. The van der Waals surface area contributed by atoms with Gasteiger partial charge >= 0.3 is 0 Å². The van der Waals surface area contributed by atoms with Crippen LogP contribution in [0.2, 0.25) is 0 Å². The summed E-state index contributed by atoms with van der Waals surface area (Å²) in [6, 6.07) is 6.03. The summed E-state index contributed by atoms with van der Waals surface area (Å²) >= 11 is 0. The number of nitrogens with one attached hydrogen (secondary N) is 1. The average molecular weight is 293 g/mol. The van der Waals surface area contributed by atoms with Gasteiger partial charge in [-0.1, -0.05) is 19.9 Å². The molecule has 1 aromatic carbocycles. The van der Waals surface area contributed by atoms with Crippen molar-refractivity contribution >= 4 is 0 Å². The van der Waals surface area contributed by atoms with Crippen LogP contribution in [0.3, 0.4) is 0 Å². The summed E-state index contributed by atoms with van der Waals surface area (Å²) in [4.78, 5) is 0. The predicted molar refractivity (Wildman–Crippen MR) is 83.8 cm³/mol. The molecule has 1 unspecified atom stereocenters. The minimum absolute atomic E-state index is 0.0396. The molecule has 4 heteroatoms. The van der Waals surface area contributed by atoms with Crippen molar-refractivity contribution in [3.8, 4) is 11.5 Å².